The van der Waals surface area contributed by atoms with Gasteiger partial charge >= 0.3 is 5.97 Å². The van der Waals surface area contributed by atoms with Crippen molar-refractivity contribution >= 4 is 47.3 Å². The fourth-order valence-corrected chi connectivity index (χ4v) is 8.03. The Morgan fingerprint density at radius 3 is 2.13 bits per heavy atom. The molecule has 1 aliphatic rings. The summed E-state index contributed by atoms with van der Waals surface area (Å²) < 4.78 is 53.1. The first-order valence-corrected chi connectivity index (χ1v) is 24.0. The number of rotatable bonds is 33. The molecule has 0 saturated carbocycles. The molecule has 69 heavy (non-hydrogen) atoms. The average Bonchev–Trinajstić information content (AvgIpc) is 3.86. The van der Waals surface area contributed by atoms with E-state index in [0.717, 1.165) is 28.7 Å². The lowest BCUT2D eigenvalue weighted by Gasteiger charge is -2.40. The largest absolute Gasteiger partial charge is 0.480 e. The highest BCUT2D eigenvalue weighted by Crippen LogP contribution is 2.40. The molecule has 0 fully saturated rings. The van der Waals surface area contributed by atoms with Crippen molar-refractivity contribution < 1.29 is 61.6 Å². The molecular formula is C48H65F2N7O11S. The van der Waals surface area contributed by atoms with Gasteiger partial charge in [0.2, 0.25) is 17.7 Å². The van der Waals surface area contributed by atoms with Crippen LogP contribution in [0.5, 0.6) is 0 Å². The molecule has 1 aromatic heterocycles. The summed E-state index contributed by atoms with van der Waals surface area (Å²) in [6.07, 6.45) is 4.48. The quantitative estimate of drug-likeness (QED) is 0.0504. The molecule has 18 nitrogen and oxygen atoms in total. The molecule has 2 atom stereocenters. The van der Waals surface area contributed by atoms with E-state index < -0.39 is 52.8 Å². The Morgan fingerprint density at radius 2 is 1.51 bits per heavy atom. The molecule has 2 heterocycles. The van der Waals surface area contributed by atoms with Crippen molar-refractivity contribution in [1.82, 2.24) is 30.0 Å². The Morgan fingerprint density at radius 1 is 0.870 bits per heavy atom. The number of nitrogens with two attached hydrogens (primary N) is 1. The van der Waals surface area contributed by atoms with E-state index in [1.54, 1.807) is 11.1 Å². The number of hydrogen-bond donors (Lipinski definition) is 4. The average molecular weight is 986 g/mol. The van der Waals surface area contributed by atoms with Gasteiger partial charge in [0.15, 0.2) is 0 Å². The summed E-state index contributed by atoms with van der Waals surface area (Å²) in [5.74, 6) is -3.63. The van der Waals surface area contributed by atoms with E-state index in [-0.39, 0.29) is 99.9 Å². The maximum Gasteiger partial charge on any atom is 0.326 e. The molecule has 0 spiro atoms. The molecule has 21 heteroatoms. The van der Waals surface area contributed by atoms with Crippen molar-refractivity contribution in [3.63, 3.8) is 0 Å². The number of carbonyl (C=O) groups excluding carboxylic acids is 5. The number of thioether (sulfide) groups is 1. The number of nitrogens with one attached hydrogen (secondary N) is 2. The summed E-state index contributed by atoms with van der Waals surface area (Å²) in [4.78, 5) is 81.4. The summed E-state index contributed by atoms with van der Waals surface area (Å²) >= 11 is 1.24. The van der Waals surface area contributed by atoms with Crippen LogP contribution in [0.2, 0.25) is 0 Å². The number of nitrogens with zero attached hydrogens (tertiary/aromatic N) is 4. The fourth-order valence-electron chi connectivity index (χ4n) is 7.14. The van der Waals surface area contributed by atoms with Crippen LogP contribution in [0.25, 0.3) is 11.3 Å². The maximum absolute atomic E-state index is 15.1. The van der Waals surface area contributed by atoms with Gasteiger partial charge in [-0.1, -0.05) is 51.1 Å². The fraction of sp³-hybridized carbons (Fsp3) is 0.521. The smallest absolute Gasteiger partial charge is 0.326 e. The molecule has 1 aliphatic heterocycles. The minimum absolute atomic E-state index is 0.00198. The molecule has 0 radical (unpaired) electrons. The normalized spacial score (nSPS) is 13.4. The first-order chi connectivity index (χ1) is 33.1. The number of amides is 5. The van der Waals surface area contributed by atoms with Gasteiger partial charge in [0, 0.05) is 62.9 Å². The van der Waals surface area contributed by atoms with Gasteiger partial charge in [-0.2, -0.15) is 11.8 Å². The molecule has 378 valence electrons. The van der Waals surface area contributed by atoms with Gasteiger partial charge in [-0.25, -0.2) is 18.6 Å². The lowest BCUT2D eigenvalue weighted by Crippen LogP contribution is -2.44. The van der Waals surface area contributed by atoms with Crippen molar-refractivity contribution in [2.45, 2.75) is 65.1 Å². The predicted octanol–water partition coefficient (Wildman–Crippen LogP) is 3.72. The minimum atomic E-state index is -1.21. The van der Waals surface area contributed by atoms with Crippen molar-refractivity contribution in [2.24, 2.45) is 11.1 Å². The number of imidazole rings is 1. The monoisotopic (exact) mass is 985 g/mol. The SMILES string of the molecule is CC(C)(C)C(c1nc(-c2cc(F)ccc2F)cn1Cc1ccccc1)N(CCCN)C(=O)CSCCC(NC(=O)CCOCCOCCOCCOCCNC(=O)CCN1C(=O)C=CC1=O)C(=O)O. The Hall–Kier alpha value is -5.58. The van der Waals surface area contributed by atoms with E-state index in [9.17, 15) is 38.3 Å². The van der Waals surface area contributed by atoms with Crippen molar-refractivity contribution in [3.05, 3.63) is 89.9 Å². The third-order valence-electron chi connectivity index (χ3n) is 10.5. The number of hydrogen-bond acceptors (Lipinski definition) is 13. The highest BCUT2D eigenvalue weighted by molar-refractivity contribution is 7.99. The summed E-state index contributed by atoms with van der Waals surface area (Å²) in [5, 5.41) is 15.0. The van der Waals surface area contributed by atoms with Crippen LogP contribution in [0.3, 0.4) is 0 Å². The number of carboxylic acid groups (broad SMARTS) is 1. The third-order valence-corrected chi connectivity index (χ3v) is 11.5. The Labute approximate surface area is 405 Å². The van der Waals surface area contributed by atoms with Gasteiger partial charge in [0.25, 0.3) is 11.8 Å². The highest BCUT2D eigenvalue weighted by atomic mass is 32.2. The number of carboxylic acids is 1. The van der Waals surface area contributed by atoms with E-state index in [4.69, 9.17) is 29.7 Å². The highest BCUT2D eigenvalue weighted by Gasteiger charge is 2.38. The summed E-state index contributed by atoms with van der Waals surface area (Å²) in [6, 6.07) is 11.0. The molecule has 5 amide bonds. The number of benzene rings is 2. The minimum Gasteiger partial charge on any atom is -0.480 e. The van der Waals surface area contributed by atoms with Crippen LogP contribution in [0, 0.1) is 17.0 Å². The first kappa shape index (κ1) is 56.0. The molecule has 0 bridgehead atoms. The summed E-state index contributed by atoms with van der Waals surface area (Å²) in [6.45, 7) is 9.13. The zero-order chi connectivity index (χ0) is 50.2. The summed E-state index contributed by atoms with van der Waals surface area (Å²) in [7, 11) is 0. The second-order valence-corrected chi connectivity index (χ2v) is 18.1. The number of carbonyl (C=O) groups is 6. The van der Waals surface area contributed by atoms with Crippen molar-refractivity contribution in [1.29, 1.82) is 0 Å². The Bertz CT molecular complexity index is 2160. The molecule has 0 aliphatic carbocycles. The van der Waals surface area contributed by atoms with E-state index in [2.05, 4.69) is 10.6 Å². The van der Waals surface area contributed by atoms with Crippen LogP contribution in [0.4, 0.5) is 8.78 Å². The number of halogens is 2. The zero-order valence-electron chi connectivity index (χ0n) is 39.5. The second kappa shape index (κ2) is 29.4. The molecular weight excluding hydrogens is 921 g/mol. The van der Waals surface area contributed by atoms with Gasteiger partial charge in [0.05, 0.1) is 70.3 Å². The van der Waals surface area contributed by atoms with Gasteiger partial charge in [-0.05, 0) is 54.3 Å². The Kier molecular flexibility index (Phi) is 23.9. The number of aliphatic carboxylic acids is 1. The standard InChI is InChI=1S/C48H65F2N7O11S/c1-48(2,3)45(46-54-39(36-30-35(49)10-11-37(36)50)32-55(46)31-34-8-5-4-6-9-34)57(19-7-17-51)44(62)33-69-29-16-38(47(63)64)53-41(59)15-21-65-23-25-67-27-28-68-26-24-66-22-18-52-40(58)14-20-56-42(60)12-13-43(56)61/h4-6,8-13,30,32,38,45H,7,14-29,31,33,51H2,1-3H3,(H,52,58)(H,53,59)(H,63,64). The maximum atomic E-state index is 15.1. The molecule has 0 saturated heterocycles. The van der Waals surface area contributed by atoms with E-state index in [1.165, 1.54) is 23.9 Å². The third kappa shape index (κ3) is 19.4. The lowest BCUT2D eigenvalue weighted by molar-refractivity contribution is -0.142. The first-order valence-electron chi connectivity index (χ1n) is 22.9. The van der Waals surface area contributed by atoms with Gasteiger partial charge in [-0.15, -0.1) is 0 Å². The van der Waals surface area contributed by atoms with Gasteiger partial charge < -0.3 is 49.9 Å². The van der Waals surface area contributed by atoms with E-state index >= 15 is 4.39 Å². The van der Waals surface area contributed by atoms with Crippen LogP contribution in [0.1, 0.15) is 63.9 Å². The zero-order valence-corrected chi connectivity index (χ0v) is 40.3. The van der Waals surface area contributed by atoms with E-state index in [1.807, 2.05) is 55.7 Å². The number of ether oxygens (including phenoxy) is 4. The predicted molar refractivity (Wildman–Crippen MR) is 254 cm³/mol. The molecule has 4 rings (SSSR count). The molecule has 3 aromatic rings. The van der Waals surface area contributed by atoms with Crippen LogP contribution in [0.15, 0.2) is 66.9 Å². The van der Waals surface area contributed by atoms with Crippen molar-refractivity contribution in [2.75, 3.05) is 90.5 Å². The van der Waals surface area contributed by atoms with Crippen molar-refractivity contribution in [3.8, 4) is 11.3 Å². The van der Waals surface area contributed by atoms with Gasteiger partial charge in [0.1, 0.15) is 23.5 Å². The number of aromatic nitrogens is 2. The van der Waals surface area contributed by atoms with Crippen LogP contribution < -0.4 is 16.4 Å². The van der Waals surface area contributed by atoms with Crippen LogP contribution in [-0.4, -0.2) is 157 Å². The molecule has 2 aromatic carbocycles. The molecule has 5 N–H and O–H groups in total. The lowest BCUT2D eigenvalue weighted by atomic mass is 9.84. The molecule has 2 unspecified atom stereocenters. The second-order valence-electron chi connectivity index (χ2n) is 17.0. The Balaban J connectivity index is 1.14. The van der Waals surface area contributed by atoms with Crippen LogP contribution in [-0.2, 0) is 54.3 Å². The summed E-state index contributed by atoms with van der Waals surface area (Å²) in [5.41, 5.74) is 6.49. The number of imide groups is 1. The topological polar surface area (TPSA) is 234 Å². The van der Waals surface area contributed by atoms with Gasteiger partial charge in [-0.3, -0.25) is 28.9 Å². The van der Waals surface area contributed by atoms with Crippen LogP contribution >= 0.6 is 11.8 Å². The van der Waals surface area contributed by atoms with E-state index in [0.29, 0.717) is 51.8 Å².